The Bertz CT molecular complexity index is 591. The minimum atomic E-state index is -0.931. The highest BCUT2D eigenvalue weighted by atomic mass is 16.3. The van der Waals surface area contributed by atoms with Crippen molar-refractivity contribution in [3.63, 3.8) is 0 Å². The van der Waals surface area contributed by atoms with Crippen LogP contribution in [0.1, 0.15) is 25.0 Å². The summed E-state index contributed by atoms with van der Waals surface area (Å²) >= 11 is 0. The summed E-state index contributed by atoms with van der Waals surface area (Å²) in [6.07, 6.45) is 3.67. The smallest absolute Gasteiger partial charge is 0.227 e. The van der Waals surface area contributed by atoms with E-state index in [1.807, 2.05) is 42.5 Å². The molecule has 1 aromatic heterocycles. The lowest BCUT2D eigenvalue weighted by Gasteiger charge is -2.29. The minimum Gasteiger partial charge on any atom is -0.389 e. The maximum atomic E-state index is 12.6. The fourth-order valence-electron chi connectivity index (χ4n) is 2.29. The predicted octanol–water partition coefficient (Wildman–Crippen LogP) is 2.42. The summed E-state index contributed by atoms with van der Waals surface area (Å²) in [5.74, 6) is -0.0148. The third-order valence-corrected chi connectivity index (χ3v) is 3.22. The van der Waals surface area contributed by atoms with Crippen molar-refractivity contribution in [3.8, 4) is 0 Å². The van der Waals surface area contributed by atoms with Crippen molar-refractivity contribution >= 4 is 5.91 Å². The molecule has 0 radical (unpaired) electrons. The monoisotopic (exact) mass is 298 g/mol. The fraction of sp³-hybridized carbons (Fsp3) is 0.333. The first-order chi connectivity index (χ1) is 10.4. The van der Waals surface area contributed by atoms with Crippen LogP contribution in [0.2, 0.25) is 0 Å². The van der Waals surface area contributed by atoms with E-state index in [1.54, 1.807) is 31.1 Å². The van der Waals surface area contributed by atoms with Gasteiger partial charge in [0.25, 0.3) is 0 Å². The van der Waals surface area contributed by atoms with Gasteiger partial charge in [0, 0.05) is 25.5 Å². The molecule has 116 valence electrons. The van der Waals surface area contributed by atoms with E-state index in [0.29, 0.717) is 13.1 Å². The summed E-state index contributed by atoms with van der Waals surface area (Å²) in [5.41, 5.74) is 0.993. The molecule has 1 amide bonds. The van der Waals surface area contributed by atoms with Gasteiger partial charge < -0.3 is 10.0 Å². The van der Waals surface area contributed by atoms with Crippen LogP contribution in [0.15, 0.2) is 54.9 Å². The van der Waals surface area contributed by atoms with Gasteiger partial charge in [0.05, 0.1) is 12.0 Å². The van der Waals surface area contributed by atoms with Gasteiger partial charge in [0.15, 0.2) is 0 Å². The number of nitrogens with zero attached hydrogens (tertiary/aromatic N) is 2. The van der Waals surface area contributed by atoms with E-state index in [4.69, 9.17) is 0 Å². The van der Waals surface area contributed by atoms with Gasteiger partial charge in [-0.2, -0.15) is 0 Å². The largest absolute Gasteiger partial charge is 0.389 e. The normalized spacial score (nSPS) is 11.2. The summed E-state index contributed by atoms with van der Waals surface area (Å²) < 4.78 is 0. The zero-order valence-electron chi connectivity index (χ0n) is 13.1. The molecule has 1 N–H and O–H groups in total. The quantitative estimate of drug-likeness (QED) is 0.891. The van der Waals surface area contributed by atoms with Crippen molar-refractivity contribution in [2.45, 2.75) is 32.4 Å². The molecule has 2 aromatic rings. The number of aliphatic hydroxyl groups is 1. The Balaban J connectivity index is 2.11. The number of rotatable bonds is 6. The van der Waals surface area contributed by atoms with Crippen LogP contribution in [0.25, 0.3) is 0 Å². The average molecular weight is 298 g/mol. The molecule has 0 saturated heterocycles. The van der Waals surface area contributed by atoms with Crippen molar-refractivity contribution in [1.29, 1.82) is 0 Å². The Kier molecular flexibility index (Phi) is 5.28. The lowest BCUT2D eigenvalue weighted by Crippen LogP contribution is -2.42. The van der Waals surface area contributed by atoms with Crippen LogP contribution in [-0.4, -0.2) is 33.0 Å². The molecule has 0 spiro atoms. The van der Waals surface area contributed by atoms with Crippen molar-refractivity contribution in [1.82, 2.24) is 9.88 Å². The molecule has 0 fully saturated rings. The van der Waals surface area contributed by atoms with E-state index in [2.05, 4.69) is 4.98 Å². The Morgan fingerprint density at radius 3 is 2.41 bits per heavy atom. The lowest BCUT2D eigenvalue weighted by molar-refractivity contribution is -0.134. The summed E-state index contributed by atoms with van der Waals surface area (Å²) in [6.45, 7) is 4.20. The number of aromatic nitrogens is 1. The van der Waals surface area contributed by atoms with Gasteiger partial charge in [-0.1, -0.05) is 36.4 Å². The second kappa shape index (κ2) is 7.18. The predicted molar refractivity (Wildman–Crippen MR) is 86.1 cm³/mol. The molecule has 1 heterocycles. The number of hydrogen-bond donors (Lipinski definition) is 1. The number of pyridine rings is 1. The highest BCUT2D eigenvalue weighted by Gasteiger charge is 2.22. The number of carbonyl (C=O) groups is 1. The van der Waals surface area contributed by atoms with Gasteiger partial charge >= 0.3 is 0 Å². The van der Waals surface area contributed by atoms with Crippen LogP contribution in [0.3, 0.4) is 0 Å². The molecule has 0 aliphatic carbocycles. The Morgan fingerprint density at radius 1 is 1.14 bits per heavy atom. The van der Waals surface area contributed by atoms with Crippen molar-refractivity contribution in [2.24, 2.45) is 0 Å². The summed E-state index contributed by atoms with van der Waals surface area (Å²) in [5, 5.41) is 10.1. The van der Waals surface area contributed by atoms with Gasteiger partial charge in [-0.3, -0.25) is 9.78 Å². The SMILES string of the molecule is CC(C)(O)CN(Cc1ccccc1)C(=O)Cc1cccnc1. The molecule has 0 aliphatic heterocycles. The zero-order chi connectivity index (χ0) is 16.0. The molecule has 2 rings (SSSR count). The molecule has 22 heavy (non-hydrogen) atoms. The van der Waals surface area contributed by atoms with Crippen LogP contribution in [0.5, 0.6) is 0 Å². The van der Waals surface area contributed by atoms with Crippen LogP contribution in [0, 0.1) is 0 Å². The highest BCUT2D eigenvalue weighted by Crippen LogP contribution is 2.12. The first-order valence-corrected chi connectivity index (χ1v) is 7.37. The molecule has 4 heteroatoms. The van der Waals surface area contributed by atoms with E-state index in [1.165, 1.54) is 0 Å². The van der Waals surface area contributed by atoms with Crippen LogP contribution < -0.4 is 0 Å². The number of hydrogen-bond acceptors (Lipinski definition) is 3. The Morgan fingerprint density at radius 2 is 1.82 bits per heavy atom. The van der Waals surface area contributed by atoms with Crippen LogP contribution >= 0.6 is 0 Å². The van der Waals surface area contributed by atoms with E-state index >= 15 is 0 Å². The van der Waals surface area contributed by atoms with Crippen LogP contribution in [0.4, 0.5) is 0 Å². The molecule has 0 atom stereocenters. The molecule has 0 aliphatic rings. The topological polar surface area (TPSA) is 53.4 Å². The van der Waals surface area contributed by atoms with Crippen molar-refractivity contribution in [2.75, 3.05) is 6.54 Å². The second-order valence-corrected chi connectivity index (χ2v) is 6.09. The van der Waals surface area contributed by atoms with E-state index < -0.39 is 5.60 Å². The summed E-state index contributed by atoms with van der Waals surface area (Å²) in [7, 11) is 0. The van der Waals surface area contributed by atoms with Gasteiger partial charge in [-0.15, -0.1) is 0 Å². The van der Waals surface area contributed by atoms with Gasteiger partial charge in [0.1, 0.15) is 0 Å². The molecular formula is C18H22N2O2. The maximum absolute atomic E-state index is 12.6. The van der Waals surface area contributed by atoms with E-state index in [0.717, 1.165) is 11.1 Å². The van der Waals surface area contributed by atoms with Crippen molar-refractivity contribution < 1.29 is 9.90 Å². The summed E-state index contributed by atoms with van der Waals surface area (Å²) in [4.78, 5) is 18.3. The fourth-order valence-corrected chi connectivity index (χ4v) is 2.29. The second-order valence-electron chi connectivity index (χ2n) is 6.09. The minimum absolute atomic E-state index is 0.0148. The Hall–Kier alpha value is -2.20. The van der Waals surface area contributed by atoms with Crippen LogP contribution in [-0.2, 0) is 17.8 Å². The average Bonchev–Trinajstić information content (AvgIpc) is 2.47. The number of amides is 1. The molecule has 1 aromatic carbocycles. The molecule has 0 saturated carbocycles. The first-order valence-electron chi connectivity index (χ1n) is 7.37. The zero-order valence-corrected chi connectivity index (χ0v) is 13.1. The molecule has 0 bridgehead atoms. The van der Waals surface area contributed by atoms with Gasteiger partial charge in [0.2, 0.25) is 5.91 Å². The Labute approximate surface area is 131 Å². The lowest BCUT2D eigenvalue weighted by atomic mass is 10.1. The molecule has 4 nitrogen and oxygen atoms in total. The highest BCUT2D eigenvalue weighted by molar-refractivity contribution is 5.78. The first kappa shape index (κ1) is 16.2. The molecule has 0 unspecified atom stereocenters. The number of benzene rings is 1. The maximum Gasteiger partial charge on any atom is 0.227 e. The van der Waals surface area contributed by atoms with Gasteiger partial charge in [-0.25, -0.2) is 0 Å². The van der Waals surface area contributed by atoms with E-state index in [-0.39, 0.29) is 12.3 Å². The molecular weight excluding hydrogens is 276 g/mol. The van der Waals surface area contributed by atoms with Gasteiger partial charge in [-0.05, 0) is 31.0 Å². The van der Waals surface area contributed by atoms with E-state index in [9.17, 15) is 9.90 Å². The number of carbonyl (C=O) groups excluding carboxylic acids is 1. The summed E-state index contributed by atoms with van der Waals surface area (Å²) in [6, 6.07) is 13.5. The standard InChI is InChI=1S/C18H22N2O2/c1-18(2,22)14-20(13-15-7-4-3-5-8-15)17(21)11-16-9-6-10-19-12-16/h3-10,12,22H,11,13-14H2,1-2H3. The van der Waals surface area contributed by atoms with Crippen molar-refractivity contribution in [3.05, 3.63) is 66.0 Å². The third-order valence-electron chi connectivity index (χ3n) is 3.22. The third kappa shape index (κ3) is 5.30.